The third-order valence-electron chi connectivity index (χ3n) is 15.8. The number of nitrogens with zero attached hydrogens (tertiary/aromatic N) is 4. The number of hydrogen-bond acceptors (Lipinski definition) is 13. The van der Waals surface area contributed by atoms with E-state index in [1.54, 1.807) is 17.9 Å². The molecule has 3 saturated carbocycles. The quantitative estimate of drug-likeness (QED) is 0.0935. The van der Waals surface area contributed by atoms with E-state index in [9.17, 15) is 14.4 Å². The third-order valence-corrected chi connectivity index (χ3v) is 15.8. The maximum absolute atomic E-state index is 16.5. The average molecular weight is 925 g/mol. The minimum Gasteiger partial charge on any atom is -0.482 e. The number of allylic oxidation sites excluding steroid dienone is 4. The van der Waals surface area contributed by atoms with Crippen molar-refractivity contribution in [3.63, 3.8) is 0 Å². The summed E-state index contributed by atoms with van der Waals surface area (Å²) in [4.78, 5) is 81.3. The molecule has 9 rings (SSSR count). The normalized spacial score (nSPS) is 31.0. The number of benzene rings is 1. The highest BCUT2D eigenvalue weighted by molar-refractivity contribution is 6.11. The van der Waals surface area contributed by atoms with Crippen molar-refractivity contribution in [2.75, 3.05) is 73.6 Å². The monoisotopic (exact) mass is 925 g/mol. The second kappa shape index (κ2) is 18.4. The number of ketones is 2. The first-order valence-corrected chi connectivity index (χ1v) is 24.4. The van der Waals surface area contributed by atoms with E-state index >= 15 is 9.59 Å². The lowest BCUT2D eigenvalue weighted by Gasteiger charge is -2.65. The molecule has 1 aromatic carbocycles. The Labute approximate surface area is 396 Å². The number of amides is 1. The Kier molecular flexibility index (Phi) is 13.4. The molecule has 7 atom stereocenters. The maximum atomic E-state index is 16.5. The number of carbonyl (C=O) groups excluding carboxylic acids is 5. The molecule has 14 nitrogen and oxygen atoms in total. The number of esters is 2. The van der Waals surface area contributed by atoms with E-state index in [1.807, 2.05) is 53.8 Å². The van der Waals surface area contributed by atoms with Crippen molar-refractivity contribution in [1.29, 1.82) is 0 Å². The van der Waals surface area contributed by atoms with Gasteiger partial charge >= 0.3 is 11.9 Å². The second-order valence-corrected chi connectivity index (χ2v) is 21.4. The lowest BCUT2D eigenvalue weighted by atomic mass is 9.44. The van der Waals surface area contributed by atoms with E-state index in [-0.39, 0.29) is 53.8 Å². The van der Waals surface area contributed by atoms with Crippen molar-refractivity contribution in [1.82, 2.24) is 19.6 Å². The van der Waals surface area contributed by atoms with Gasteiger partial charge in [0.1, 0.15) is 22.7 Å². The van der Waals surface area contributed by atoms with Gasteiger partial charge in [-0.3, -0.25) is 24.1 Å². The van der Waals surface area contributed by atoms with Crippen molar-refractivity contribution in [3.05, 3.63) is 57.7 Å². The summed E-state index contributed by atoms with van der Waals surface area (Å²) < 4.78 is 33.7. The Hall–Kier alpha value is -4.63. The lowest BCUT2D eigenvalue weighted by molar-refractivity contribution is -0.214. The number of methoxy groups -OCH3 is 1. The van der Waals surface area contributed by atoms with E-state index in [0.717, 1.165) is 38.2 Å². The summed E-state index contributed by atoms with van der Waals surface area (Å²) in [5.74, 6) is -2.96. The first-order valence-electron chi connectivity index (χ1n) is 24.4. The molecule has 0 radical (unpaired) electrons. The summed E-state index contributed by atoms with van der Waals surface area (Å²) >= 11 is 0. The Balaban J connectivity index is 1.34. The van der Waals surface area contributed by atoms with Gasteiger partial charge in [0.15, 0.2) is 28.5 Å². The van der Waals surface area contributed by atoms with Crippen LogP contribution >= 0.6 is 0 Å². The van der Waals surface area contributed by atoms with Crippen LogP contribution in [0.15, 0.2) is 41.0 Å². The molecule has 6 fully saturated rings. The summed E-state index contributed by atoms with van der Waals surface area (Å²) in [7, 11) is 5.41. The van der Waals surface area contributed by atoms with Gasteiger partial charge in [-0.25, -0.2) is 4.79 Å². The first kappa shape index (κ1) is 48.8. The molecule has 67 heavy (non-hydrogen) atoms. The van der Waals surface area contributed by atoms with Gasteiger partial charge in [-0.1, -0.05) is 29.4 Å². The van der Waals surface area contributed by atoms with Crippen molar-refractivity contribution < 1.29 is 47.7 Å². The summed E-state index contributed by atoms with van der Waals surface area (Å²) in [5, 5.41) is 0. The number of Topliss-reactive ketones (excluding diaryl/α,β-unsaturated/α-hetero) is 2. The molecule has 3 saturated heterocycles. The molecule has 364 valence electrons. The van der Waals surface area contributed by atoms with Crippen molar-refractivity contribution in [3.8, 4) is 17.2 Å². The van der Waals surface area contributed by atoms with Crippen molar-refractivity contribution in [2.24, 2.45) is 17.8 Å². The zero-order valence-corrected chi connectivity index (χ0v) is 41.7. The highest BCUT2D eigenvalue weighted by Gasteiger charge is 2.86. The molecule has 1 amide bonds. The van der Waals surface area contributed by atoms with E-state index in [2.05, 4.69) is 47.7 Å². The largest absolute Gasteiger partial charge is 0.482 e. The minimum absolute atomic E-state index is 0.0170. The third kappa shape index (κ3) is 8.52. The van der Waals surface area contributed by atoms with Gasteiger partial charge in [0.05, 0.1) is 30.6 Å². The molecule has 1 spiro atoms. The van der Waals surface area contributed by atoms with Crippen LogP contribution in [0.25, 0.3) is 6.08 Å². The van der Waals surface area contributed by atoms with E-state index in [1.165, 1.54) is 12.7 Å². The average Bonchev–Trinajstić information content (AvgIpc) is 3.42. The van der Waals surface area contributed by atoms with Gasteiger partial charge in [0, 0.05) is 94.2 Å². The van der Waals surface area contributed by atoms with Gasteiger partial charge < -0.3 is 38.4 Å². The Morgan fingerprint density at radius 3 is 2.13 bits per heavy atom. The fourth-order valence-corrected chi connectivity index (χ4v) is 12.2. The molecule has 5 heterocycles. The van der Waals surface area contributed by atoms with Crippen LogP contribution in [0.3, 0.4) is 0 Å². The number of likely N-dealkylation sites (N-methyl/N-ethyl adjacent to an activating group) is 2. The van der Waals surface area contributed by atoms with Crippen LogP contribution in [-0.2, 0) is 35.1 Å². The highest BCUT2D eigenvalue weighted by atomic mass is 16.6. The predicted molar refractivity (Wildman–Crippen MR) is 254 cm³/mol. The van der Waals surface area contributed by atoms with Gasteiger partial charge in [0.2, 0.25) is 5.91 Å². The fourth-order valence-electron chi connectivity index (χ4n) is 12.2. The molecule has 4 bridgehead atoms. The van der Waals surface area contributed by atoms with E-state index < -0.39 is 58.1 Å². The molecule has 1 aromatic rings. The number of fused-ring (bicyclic) bond motifs is 2. The number of piperazine rings is 2. The summed E-state index contributed by atoms with van der Waals surface area (Å²) in [6.45, 7) is 21.2. The lowest BCUT2D eigenvalue weighted by Crippen LogP contribution is -2.82. The summed E-state index contributed by atoms with van der Waals surface area (Å²) in [5.41, 5.74) is -1.15. The Morgan fingerprint density at radius 2 is 1.49 bits per heavy atom. The minimum atomic E-state index is -1.66. The number of rotatable bonds is 13. The Bertz CT molecular complexity index is 2320. The van der Waals surface area contributed by atoms with Gasteiger partial charge in [0.25, 0.3) is 0 Å². The Morgan fingerprint density at radius 1 is 0.836 bits per heavy atom. The van der Waals surface area contributed by atoms with Crippen LogP contribution in [0.5, 0.6) is 17.2 Å². The predicted octanol–water partition coefficient (Wildman–Crippen LogP) is 6.39. The van der Waals surface area contributed by atoms with Crippen LogP contribution in [0.1, 0.15) is 115 Å². The van der Waals surface area contributed by atoms with Crippen LogP contribution in [0, 0.1) is 17.8 Å². The number of hydrogen-bond donors (Lipinski definition) is 0. The maximum Gasteiger partial charge on any atom is 0.333 e. The molecule has 5 aliphatic heterocycles. The number of carbonyl (C=O) groups is 5. The molecule has 0 aromatic heterocycles. The van der Waals surface area contributed by atoms with Gasteiger partial charge in [-0.05, 0) is 107 Å². The van der Waals surface area contributed by atoms with Gasteiger partial charge in [-0.2, -0.15) is 0 Å². The molecule has 3 aliphatic carbocycles. The zero-order chi connectivity index (χ0) is 48.4. The molecule has 8 aliphatic rings. The van der Waals surface area contributed by atoms with Crippen LogP contribution < -0.4 is 14.2 Å². The topological polar surface area (TPSA) is 144 Å². The van der Waals surface area contributed by atoms with Crippen LogP contribution in [0.2, 0.25) is 0 Å². The molecular formula is C53H72N4O10. The smallest absolute Gasteiger partial charge is 0.333 e. The van der Waals surface area contributed by atoms with Crippen molar-refractivity contribution in [2.45, 2.75) is 129 Å². The summed E-state index contributed by atoms with van der Waals surface area (Å²) in [6, 6.07) is -0.540. The first-order chi connectivity index (χ1) is 31.7. The standard InChI is InChI=1S/C53H72N4O10/c1-32(2)13-12-20-51(8)21-19-36-45(65-51)35(15-14-33(3)4)47-41(46(36)64-40(59)17-16-39(58)56-27-23-54(9)24-28-56)44(60)42-43(57-29-25-55(10)26-30-57)37-31-38-50(6,7)67-52(48(37)61,53(38,42)66-47)22-18-34(5)49(62)63-11/h13-14,18-19,21,37-38,42-43H,12,15-17,20,22-31H2,1-11H3/b34-18-. The fraction of sp³-hybridized carbons (Fsp3) is 0.642. The zero-order valence-electron chi connectivity index (χ0n) is 41.7. The molecular weight excluding hydrogens is 853 g/mol. The molecule has 7 unspecified atom stereocenters. The highest BCUT2D eigenvalue weighted by Crippen LogP contribution is 2.71. The van der Waals surface area contributed by atoms with Gasteiger partial charge in [-0.15, -0.1) is 0 Å². The van der Waals surface area contributed by atoms with E-state index in [4.69, 9.17) is 23.7 Å². The van der Waals surface area contributed by atoms with Crippen LogP contribution in [-0.4, -0.2) is 151 Å². The summed E-state index contributed by atoms with van der Waals surface area (Å²) in [6.07, 6.45) is 11.7. The number of ether oxygens (including phenoxy) is 5. The molecule has 14 heteroatoms. The molecule has 0 N–H and O–H groups in total. The van der Waals surface area contributed by atoms with Crippen LogP contribution in [0.4, 0.5) is 0 Å². The SMILES string of the molecule is COC(=O)/C(C)=C\CC12OC(C)(C)C3CC(C1=O)C(N1CCN(C)CC1)C1C(=O)c4c(OC(=O)CCC(=O)N5CCN(C)CC5)c5c(c(CC=C(C)C)c4OC132)OC(C)(CCC=C(C)C)C=C5. The van der Waals surface area contributed by atoms with Crippen molar-refractivity contribution >= 4 is 35.5 Å². The second-order valence-electron chi connectivity index (χ2n) is 21.4. The van der Waals surface area contributed by atoms with E-state index in [0.29, 0.717) is 67.9 Å².